The topological polar surface area (TPSA) is 3.24 Å². The Labute approximate surface area is 230 Å². The normalized spacial score (nSPS) is 18.3. The lowest BCUT2D eigenvalue weighted by atomic mass is 9.87. The summed E-state index contributed by atoms with van der Waals surface area (Å²) in [5, 5.41) is 8.02. The van der Waals surface area contributed by atoms with Crippen molar-refractivity contribution in [3.8, 4) is 11.1 Å². The molecule has 0 bridgehead atoms. The van der Waals surface area contributed by atoms with Crippen LogP contribution in [0.1, 0.15) is 32.3 Å². The first-order chi connectivity index (χ1) is 19.3. The van der Waals surface area contributed by atoms with Crippen LogP contribution >= 0.6 is 0 Å². The average Bonchev–Trinajstić information content (AvgIpc) is 3.42. The zero-order chi connectivity index (χ0) is 26.3. The minimum atomic E-state index is 0.466. The van der Waals surface area contributed by atoms with Crippen LogP contribution in [0.5, 0.6) is 0 Å². The molecule has 190 valence electrons. The molecule has 0 N–H and O–H groups in total. The van der Waals surface area contributed by atoms with E-state index in [1.165, 1.54) is 65.5 Å². The second-order valence-electron chi connectivity index (χ2n) is 10.7. The van der Waals surface area contributed by atoms with Gasteiger partial charge in [0.05, 0.1) is 5.69 Å². The summed E-state index contributed by atoms with van der Waals surface area (Å²) >= 11 is 0. The number of rotatable bonds is 4. The van der Waals surface area contributed by atoms with E-state index < -0.39 is 0 Å². The zero-order valence-electron chi connectivity index (χ0n) is 22.7. The predicted molar refractivity (Wildman–Crippen MR) is 170 cm³/mol. The number of benzene rings is 4. The van der Waals surface area contributed by atoms with Gasteiger partial charge in [0.2, 0.25) is 0 Å². The molecule has 0 spiro atoms. The van der Waals surface area contributed by atoms with E-state index in [-0.39, 0.29) is 0 Å². The molecule has 0 aromatic heterocycles. The summed E-state index contributed by atoms with van der Waals surface area (Å²) < 4.78 is 0. The van der Waals surface area contributed by atoms with Crippen LogP contribution in [-0.2, 0) is 0 Å². The molecule has 4 aromatic carbocycles. The van der Waals surface area contributed by atoms with E-state index in [1.807, 2.05) is 0 Å². The third-order valence-electron chi connectivity index (χ3n) is 8.43. The van der Waals surface area contributed by atoms with Gasteiger partial charge in [0.15, 0.2) is 0 Å². The van der Waals surface area contributed by atoms with Gasteiger partial charge in [-0.25, -0.2) is 0 Å². The van der Waals surface area contributed by atoms with Crippen molar-refractivity contribution in [2.45, 2.75) is 26.7 Å². The molecule has 39 heavy (non-hydrogen) atoms. The summed E-state index contributed by atoms with van der Waals surface area (Å²) in [5.74, 6) is 0.466. The highest BCUT2D eigenvalue weighted by atomic mass is 15.1. The first-order valence-electron chi connectivity index (χ1n) is 14.2. The molecule has 0 radical (unpaired) electrons. The Bertz CT molecular complexity index is 1910. The largest absolute Gasteiger partial charge is 0.346 e. The molecule has 1 nitrogen and oxygen atoms in total. The maximum atomic E-state index is 2.51. The number of hydrogen-bond donors (Lipinski definition) is 0. The zero-order valence-corrected chi connectivity index (χ0v) is 22.7. The van der Waals surface area contributed by atoms with Gasteiger partial charge in [0.1, 0.15) is 0 Å². The molecule has 0 fully saturated rings. The summed E-state index contributed by atoms with van der Waals surface area (Å²) in [5.41, 5.74) is 7.95. The van der Waals surface area contributed by atoms with E-state index in [2.05, 4.69) is 140 Å². The van der Waals surface area contributed by atoms with Crippen LogP contribution in [0, 0.1) is 5.92 Å². The fourth-order valence-corrected chi connectivity index (χ4v) is 6.66. The molecule has 1 atom stereocenters. The Morgan fingerprint density at radius 2 is 1.69 bits per heavy atom. The number of allylic oxidation sites excluding steroid dienone is 7. The van der Waals surface area contributed by atoms with Gasteiger partial charge >= 0.3 is 0 Å². The molecule has 0 saturated heterocycles. The maximum absolute atomic E-state index is 2.51. The fraction of sp³-hybridized carbons (Fsp3) is 0.158. The van der Waals surface area contributed by atoms with Crippen LogP contribution in [0.4, 0.5) is 5.69 Å². The van der Waals surface area contributed by atoms with E-state index in [9.17, 15) is 0 Å². The minimum absolute atomic E-state index is 0.466. The SMILES string of the molecule is C/C=C\C(=C/C)c1ccc2c(-c3c4c(c(N5C=C6C=CC=C[C@@H]6C5)c5ccccc35)=CCCC=4)cccc2c1. The lowest BCUT2D eigenvalue weighted by Crippen LogP contribution is -2.35. The molecule has 1 heterocycles. The van der Waals surface area contributed by atoms with Gasteiger partial charge < -0.3 is 4.90 Å². The first-order valence-corrected chi connectivity index (χ1v) is 14.2. The highest BCUT2D eigenvalue weighted by Crippen LogP contribution is 2.38. The van der Waals surface area contributed by atoms with E-state index in [4.69, 9.17) is 0 Å². The quantitative estimate of drug-likeness (QED) is 0.253. The molecular formula is C38H33N. The van der Waals surface area contributed by atoms with E-state index in [0.29, 0.717) is 5.92 Å². The number of nitrogens with zero attached hydrogens (tertiary/aromatic N) is 1. The Kier molecular flexibility index (Phi) is 5.93. The van der Waals surface area contributed by atoms with Crippen molar-refractivity contribution in [2.24, 2.45) is 5.92 Å². The third-order valence-corrected chi connectivity index (χ3v) is 8.43. The number of anilines is 1. The van der Waals surface area contributed by atoms with Crippen molar-refractivity contribution in [1.82, 2.24) is 0 Å². The summed E-state index contributed by atoms with van der Waals surface area (Å²) in [6, 6.07) is 22.8. The molecule has 2 aliphatic carbocycles. The molecule has 0 amide bonds. The van der Waals surface area contributed by atoms with Gasteiger partial charge in [-0.1, -0.05) is 109 Å². The van der Waals surface area contributed by atoms with Crippen molar-refractivity contribution in [1.29, 1.82) is 0 Å². The molecule has 1 heteroatoms. The van der Waals surface area contributed by atoms with E-state index in [1.54, 1.807) is 0 Å². The van der Waals surface area contributed by atoms with E-state index in [0.717, 1.165) is 19.4 Å². The lowest BCUT2D eigenvalue weighted by molar-refractivity contribution is 0.815. The van der Waals surface area contributed by atoms with Gasteiger partial charge in [-0.2, -0.15) is 0 Å². The van der Waals surface area contributed by atoms with Crippen molar-refractivity contribution >= 4 is 45.0 Å². The highest BCUT2D eigenvalue weighted by Gasteiger charge is 2.26. The Morgan fingerprint density at radius 3 is 2.51 bits per heavy atom. The summed E-state index contributed by atoms with van der Waals surface area (Å²) in [7, 11) is 0. The predicted octanol–water partition coefficient (Wildman–Crippen LogP) is 8.44. The van der Waals surface area contributed by atoms with Crippen molar-refractivity contribution < 1.29 is 0 Å². The second kappa shape index (κ2) is 9.75. The standard InChI is InChI=1S/C38H33N/c1-3-12-26(4-2)27-21-22-31-28(23-27)15-11-20-32(31)37-33-16-7-9-18-35(33)38(36-19-10-8-17-34(36)37)39-24-29-13-5-6-14-30(29)25-39/h3-7,9,11-24,30H,8,10,25H2,1-2H3/b12-3-,26-4+/t30-/m1/s1. The molecular weight excluding hydrogens is 470 g/mol. The Morgan fingerprint density at radius 1 is 0.846 bits per heavy atom. The summed E-state index contributed by atoms with van der Waals surface area (Å²) in [4.78, 5) is 2.51. The van der Waals surface area contributed by atoms with Gasteiger partial charge in [-0.3, -0.25) is 0 Å². The summed E-state index contributed by atoms with van der Waals surface area (Å²) in [6.45, 7) is 5.18. The Hall–Kier alpha value is -4.36. The van der Waals surface area contributed by atoms with Crippen molar-refractivity contribution in [3.05, 3.63) is 131 Å². The van der Waals surface area contributed by atoms with Gasteiger partial charge in [-0.15, -0.1) is 0 Å². The van der Waals surface area contributed by atoms with Crippen molar-refractivity contribution in [2.75, 3.05) is 11.4 Å². The molecule has 4 aromatic rings. The lowest BCUT2D eigenvalue weighted by Gasteiger charge is -2.24. The van der Waals surface area contributed by atoms with E-state index >= 15 is 0 Å². The molecule has 3 aliphatic rings. The molecule has 0 unspecified atom stereocenters. The summed E-state index contributed by atoms with van der Waals surface area (Å²) in [6.07, 6.45) is 24.9. The van der Waals surface area contributed by atoms with Gasteiger partial charge in [-0.05, 0) is 82.0 Å². The first kappa shape index (κ1) is 23.7. The molecule has 7 rings (SSSR count). The monoisotopic (exact) mass is 503 g/mol. The van der Waals surface area contributed by atoms with Crippen LogP contribution in [0.25, 0.3) is 50.4 Å². The van der Waals surface area contributed by atoms with Crippen LogP contribution in [0.3, 0.4) is 0 Å². The van der Waals surface area contributed by atoms with Gasteiger partial charge in [0, 0.05) is 29.3 Å². The number of hydrogen-bond acceptors (Lipinski definition) is 1. The van der Waals surface area contributed by atoms with Crippen LogP contribution < -0.4 is 15.3 Å². The molecule has 0 saturated carbocycles. The second-order valence-corrected chi connectivity index (χ2v) is 10.7. The van der Waals surface area contributed by atoms with Crippen LogP contribution in [0.15, 0.2) is 115 Å². The highest BCUT2D eigenvalue weighted by molar-refractivity contribution is 6.10. The number of fused-ring (bicyclic) bond motifs is 4. The van der Waals surface area contributed by atoms with Gasteiger partial charge in [0.25, 0.3) is 0 Å². The maximum Gasteiger partial charge on any atom is 0.0562 e. The minimum Gasteiger partial charge on any atom is -0.346 e. The third kappa shape index (κ3) is 3.92. The molecule has 1 aliphatic heterocycles. The average molecular weight is 504 g/mol. The smallest absolute Gasteiger partial charge is 0.0562 e. The Balaban J connectivity index is 1.50. The van der Waals surface area contributed by atoms with Crippen LogP contribution in [0.2, 0.25) is 0 Å². The fourth-order valence-electron chi connectivity index (χ4n) is 6.66. The van der Waals surface area contributed by atoms with Crippen LogP contribution in [-0.4, -0.2) is 6.54 Å². The van der Waals surface area contributed by atoms with Crippen molar-refractivity contribution in [3.63, 3.8) is 0 Å².